The van der Waals surface area contributed by atoms with Crippen molar-refractivity contribution in [1.82, 2.24) is 60.6 Å². The van der Waals surface area contributed by atoms with Crippen LogP contribution in [0.25, 0.3) is 17.1 Å². The Morgan fingerprint density at radius 3 is 0.833 bits per heavy atom. The summed E-state index contributed by atoms with van der Waals surface area (Å²) in [5, 5.41) is 32.4. The van der Waals surface area contributed by atoms with E-state index in [1.807, 2.05) is 91.0 Å². The normalized spacial score (nSPS) is 9.00. The molecule has 0 aliphatic carbocycles. The van der Waals surface area contributed by atoms with E-state index in [0.29, 0.717) is 0 Å². The molecule has 0 fully saturated rings. The van der Waals surface area contributed by atoms with Gasteiger partial charge in [-0.2, -0.15) is 0 Å². The maximum absolute atomic E-state index is 3.74. The fourth-order valence-corrected chi connectivity index (χ4v) is 2.58. The van der Waals surface area contributed by atoms with Crippen LogP contribution in [0.15, 0.2) is 110 Å². The van der Waals surface area contributed by atoms with Gasteiger partial charge >= 0.3 is 17.1 Å². The zero-order valence-electron chi connectivity index (χ0n) is 18.3. The van der Waals surface area contributed by atoms with Crippen LogP contribution in [0.3, 0.4) is 0 Å². The predicted octanol–water partition coefficient (Wildman–Crippen LogP) is -4.01. The summed E-state index contributed by atoms with van der Waals surface area (Å²) in [6, 6.07) is 29.2. The van der Waals surface area contributed by atoms with Crippen molar-refractivity contribution in [2.24, 2.45) is 0 Å². The van der Waals surface area contributed by atoms with Crippen LogP contribution < -0.4 is 24.8 Å². The SMILES string of the molecule is [Cl-].[Cl-].[Cu+2].c1ccc(-n2cnnn2)cc1.c1ccc(-n2cnnn2)cc1.c1ccc(-n2cnnn2)cc1. The number of rotatable bonds is 3. The van der Waals surface area contributed by atoms with Gasteiger partial charge in [0.05, 0.1) is 17.1 Å². The molecule has 187 valence electrons. The second-order valence-corrected chi connectivity index (χ2v) is 6.27. The maximum atomic E-state index is 3.74. The van der Waals surface area contributed by atoms with Gasteiger partial charge in [0, 0.05) is 0 Å². The molecule has 0 unspecified atom stereocenters. The van der Waals surface area contributed by atoms with Gasteiger partial charge in [0.25, 0.3) is 0 Å². The fraction of sp³-hybridized carbons (Fsp3) is 0. The fourth-order valence-electron chi connectivity index (χ4n) is 2.58. The summed E-state index contributed by atoms with van der Waals surface area (Å²) in [6.07, 6.45) is 4.69. The number of para-hydroxylation sites is 3. The minimum Gasteiger partial charge on any atom is -1.00 e. The number of benzene rings is 3. The van der Waals surface area contributed by atoms with E-state index in [-0.39, 0.29) is 41.9 Å². The molecule has 3 aromatic carbocycles. The summed E-state index contributed by atoms with van der Waals surface area (Å²) in [5.41, 5.74) is 2.91. The van der Waals surface area contributed by atoms with Gasteiger partial charge in [-0.15, -0.1) is 15.3 Å². The third kappa shape index (κ3) is 8.96. The van der Waals surface area contributed by atoms with Gasteiger partial charge in [0.15, 0.2) is 0 Å². The molecular weight excluding hydrogens is 555 g/mol. The van der Waals surface area contributed by atoms with Crippen molar-refractivity contribution in [3.8, 4) is 17.1 Å². The maximum Gasteiger partial charge on any atom is 2.00 e. The first kappa shape index (κ1) is 30.0. The van der Waals surface area contributed by atoms with Crippen LogP contribution in [0.5, 0.6) is 0 Å². The number of tetrazole rings is 3. The van der Waals surface area contributed by atoms with E-state index in [9.17, 15) is 0 Å². The monoisotopic (exact) mass is 571 g/mol. The van der Waals surface area contributed by atoms with Gasteiger partial charge < -0.3 is 24.8 Å². The Morgan fingerprint density at radius 2 is 0.639 bits per heavy atom. The molecule has 6 aromatic rings. The van der Waals surface area contributed by atoms with E-state index in [1.165, 1.54) is 0 Å². The van der Waals surface area contributed by atoms with Crippen molar-refractivity contribution in [2.75, 3.05) is 0 Å². The molecule has 0 N–H and O–H groups in total. The first-order valence-corrected chi connectivity index (χ1v) is 9.75. The third-order valence-corrected chi connectivity index (χ3v) is 4.11. The van der Waals surface area contributed by atoms with E-state index in [1.54, 1.807) is 33.0 Å². The molecule has 3 heterocycles. The first-order chi connectivity index (χ1) is 16.4. The summed E-state index contributed by atoms with van der Waals surface area (Å²) >= 11 is 0. The molecule has 0 bridgehead atoms. The molecule has 0 aliphatic rings. The summed E-state index contributed by atoms with van der Waals surface area (Å²) < 4.78 is 4.83. The Morgan fingerprint density at radius 1 is 0.389 bits per heavy atom. The molecule has 6 rings (SSSR count). The molecule has 3 aromatic heterocycles. The molecule has 0 spiro atoms. The van der Waals surface area contributed by atoms with Crippen LogP contribution in [-0.4, -0.2) is 60.6 Å². The number of aromatic nitrogens is 12. The van der Waals surface area contributed by atoms with Crippen molar-refractivity contribution >= 4 is 0 Å². The van der Waals surface area contributed by atoms with Gasteiger partial charge in [-0.25, -0.2) is 14.0 Å². The van der Waals surface area contributed by atoms with Gasteiger partial charge in [-0.3, -0.25) is 0 Å². The molecule has 0 amide bonds. The molecule has 12 nitrogen and oxygen atoms in total. The van der Waals surface area contributed by atoms with Crippen LogP contribution in [0.2, 0.25) is 0 Å². The van der Waals surface area contributed by atoms with E-state index < -0.39 is 0 Å². The van der Waals surface area contributed by atoms with E-state index in [2.05, 4.69) is 46.6 Å². The second-order valence-electron chi connectivity index (χ2n) is 6.27. The zero-order chi connectivity index (χ0) is 22.6. The van der Waals surface area contributed by atoms with Crippen LogP contribution in [-0.2, 0) is 17.1 Å². The van der Waals surface area contributed by atoms with Crippen LogP contribution in [0.1, 0.15) is 0 Å². The molecule has 0 aliphatic heterocycles. The molecule has 0 saturated carbocycles. The van der Waals surface area contributed by atoms with Crippen molar-refractivity contribution in [3.05, 3.63) is 110 Å². The molecule has 36 heavy (non-hydrogen) atoms. The molecule has 0 atom stereocenters. The number of hydrogen-bond donors (Lipinski definition) is 0. The molecule has 15 heteroatoms. The Balaban J connectivity index is 0.000000259. The Labute approximate surface area is 229 Å². The van der Waals surface area contributed by atoms with Gasteiger partial charge in [0.2, 0.25) is 0 Å². The van der Waals surface area contributed by atoms with Crippen molar-refractivity contribution in [1.29, 1.82) is 0 Å². The topological polar surface area (TPSA) is 131 Å². The standard InChI is InChI=1S/3C7H6N4.2ClH.Cu/c3*1-2-4-7(5-3-1)11-6-8-9-10-11;;;/h3*1-6H;2*1H;/q;;;;;+2/p-2. The third-order valence-electron chi connectivity index (χ3n) is 4.11. The van der Waals surface area contributed by atoms with Crippen LogP contribution in [0, 0.1) is 0 Å². The Kier molecular flexibility index (Phi) is 13.8. The molecule has 0 saturated heterocycles. The van der Waals surface area contributed by atoms with Gasteiger partial charge in [0.1, 0.15) is 19.0 Å². The van der Waals surface area contributed by atoms with Crippen molar-refractivity contribution in [2.45, 2.75) is 0 Å². The molecular formula is C21H18Cl2CuN12. The molecule has 1 radical (unpaired) electrons. The largest absolute Gasteiger partial charge is 2.00 e. The summed E-state index contributed by atoms with van der Waals surface area (Å²) in [5.74, 6) is 0. The van der Waals surface area contributed by atoms with Crippen molar-refractivity contribution < 1.29 is 41.9 Å². The minimum atomic E-state index is 0. The van der Waals surface area contributed by atoms with Gasteiger partial charge in [-0.05, 0) is 67.7 Å². The van der Waals surface area contributed by atoms with Crippen LogP contribution in [0.4, 0.5) is 0 Å². The van der Waals surface area contributed by atoms with E-state index in [4.69, 9.17) is 0 Å². The van der Waals surface area contributed by atoms with E-state index >= 15 is 0 Å². The average Bonchev–Trinajstić information content (AvgIpc) is 3.70. The second kappa shape index (κ2) is 16.6. The number of halogens is 2. The quantitative estimate of drug-likeness (QED) is 0.195. The summed E-state index contributed by atoms with van der Waals surface area (Å²) in [4.78, 5) is 0. The summed E-state index contributed by atoms with van der Waals surface area (Å²) in [6.45, 7) is 0. The smallest absolute Gasteiger partial charge is 1.00 e. The first-order valence-electron chi connectivity index (χ1n) is 9.75. The Bertz CT molecular complexity index is 1120. The number of hydrogen-bond acceptors (Lipinski definition) is 9. The number of nitrogens with zero attached hydrogens (tertiary/aromatic N) is 12. The van der Waals surface area contributed by atoms with Crippen molar-refractivity contribution in [3.63, 3.8) is 0 Å². The van der Waals surface area contributed by atoms with Crippen LogP contribution >= 0.6 is 0 Å². The Hall–Kier alpha value is -4.03. The van der Waals surface area contributed by atoms with E-state index in [0.717, 1.165) is 17.1 Å². The summed E-state index contributed by atoms with van der Waals surface area (Å²) in [7, 11) is 0. The zero-order valence-corrected chi connectivity index (χ0v) is 20.8. The minimum absolute atomic E-state index is 0. The average molecular weight is 573 g/mol. The predicted molar refractivity (Wildman–Crippen MR) is 117 cm³/mol. The van der Waals surface area contributed by atoms with Gasteiger partial charge in [-0.1, -0.05) is 54.6 Å².